The van der Waals surface area contributed by atoms with Crippen molar-refractivity contribution in [3.8, 4) is 0 Å². The fraction of sp³-hybridized carbons (Fsp3) is 1.00. The first-order valence-corrected chi connectivity index (χ1v) is 9.05. The summed E-state index contributed by atoms with van der Waals surface area (Å²) < 4.78 is 11.8. The maximum atomic E-state index is 6.13. The first kappa shape index (κ1) is 15.8. The van der Waals surface area contributed by atoms with Crippen LogP contribution in [0.4, 0.5) is 0 Å². The summed E-state index contributed by atoms with van der Waals surface area (Å²) in [5.74, 6) is 4.07. The number of hydrogen-bond donors (Lipinski definition) is 1. The Morgan fingerprint density at radius 1 is 1.19 bits per heavy atom. The smallest absolute Gasteiger partial charge is 0.0939 e. The van der Waals surface area contributed by atoms with Crippen molar-refractivity contribution in [3.63, 3.8) is 0 Å². The zero-order valence-electron chi connectivity index (χ0n) is 13.9. The molecule has 0 aromatic carbocycles. The molecule has 2 heterocycles. The van der Waals surface area contributed by atoms with Crippen molar-refractivity contribution in [3.05, 3.63) is 0 Å². The molecule has 122 valence electrons. The molecular formula is C18H33NO2. The summed E-state index contributed by atoms with van der Waals surface area (Å²) in [6, 6.07) is 0. The lowest BCUT2D eigenvalue weighted by molar-refractivity contribution is -0.115. The lowest BCUT2D eigenvalue weighted by Gasteiger charge is -2.46. The largest absolute Gasteiger partial charge is 0.378 e. The van der Waals surface area contributed by atoms with E-state index in [-0.39, 0.29) is 5.60 Å². The summed E-state index contributed by atoms with van der Waals surface area (Å²) in [5.41, 5.74) is 6.16. The predicted octanol–water partition coefficient (Wildman–Crippen LogP) is 3.22. The minimum Gasteiger partial charge on any atom is -0.378 e. The van der Waals surface area contributed by atoms with Gasteiger partial charge in [0.1, 0.15) is 0 Å². The lowest BCUT2D eigenvalue weighted by atomic mass is 9.63. The van der Waals surface area contributed by atoms with E-state index in [1.54, 1.807) is 0 Å². The quantitative estimate of drug-likeness (QED) is 0.869. The summed E-state index contributed by atoms with van der Waals surface area (Å²) in [5, 5.41) is 0. The third kappa shape index (κ3) is 3.30. The van der Waals surface area contributed by atoms with Crippen molar-refractivity contribution >= 4 is 0 Å². The standard InChI is InChI=1S/C18H33NO2/c1-13(2)14-3-4-16(11-19)17(9-14)15-5-7-21-18(10-15)6-8-20-12-18/h13-17H,3-12,19H2,1-2H3. The molecule has 3 heteroatoms. The van der Waals surface area contributed by atoms with Gasteiger partial charge in [0, 0.05) is 19.6 Å². The Hall–Kier alpha value is -0.120. The van der Waals surface area contributed by atoms with Crippen LogP contribution in [0.5, 0.6) is 0 Å². The molecule has 3 aliphatic rings. The van der Waals surface area contributed by atoms with Crippen molar-refractivity contribution in [2.24, 2.45) is 35.3 Å². The van der Waals surface area contributed by atoms with Gasteiger partial charge in [0.25, 0.3) is 0 Å². The van der Waals surface area contributed by atoms with E-state index in [4.69, 9.17) is 15.2 Å². The van der Waals surface area contributed by atoms with Crippen LogP contribution in [0.2, 0.25) is 0 Å². The van der Waals surface area contributed by atoms with Crippen LogP contribution in [0, 0.1) is 29.6 Å². The first-order valence-electron chi connectivity index (χ1n) is 9.05. The van der Waals surface area contributed by atoms with E-state index in [1.807, 2.05) is 0 Å². The molecule has 2 N–H and O–H groups in total. The van der Waals surface area contributed by atoms with E-state index >= 15 is 0 Å². The number of rotatable bonds is 3. The van der Waals surface area contributed by atoms with Crippen molar-refractivity contribution in [1.29, 1.82) is 0 Å². The van der Waals surface area contributed by atoms with E-state index in [1.165, 1.54) is 32.1 Å². The normalized spacial score (nSPS) is 44.6. The molecule has 1 aliphatic carbocycles. The van der Waals surface area contributed by atoms with Gasteiger partial charge in [-0.3, -0.25) is 0 Å². The fourth-order valence-electron chi connectivity index (χ4n) is 5.07. The Morgan fingerprint density at radius 2 is 2.05 bits per heavy atom. The minimum atomic E-state index is 0.0485. The minimum absolute atomic E-state index is 0.0485. The van der Waals surface area contributed by atoms with Crippen LogP contribution < -0.4 is 5.73 Å². The van der Waals surface area contributed by atoms with E-state index in [2.05, 4.69) is 13.8 Å². The maximum Gasteiger partial charge on any atom is 0.0939 e. The van der Waals surface area contributed by atoms with Crippen LogP contribution in [-0.2, 0) is 9.47 Å². The highest BCUT2D eigenvalue weighted by atomic mass is 16.6. The van der Waals surface area contributed by atoms with Gasteiger partial charge in [-0.1, -0.05) is 13.8 Å². The van der Waals surface area contributed by atoms with Crippen LogP contribution in [-0.4, -0.2) is 32.0 Å². The summed E-state index contributed by atoms with van der Waals surface area (Å²) >= 11 is 0. The second-order valence-electron chi connectivity index (χ2n) is 8.06. The maximum absolute atomic E-state index is 6.13. The van der Waals surface area contributed by atoms with Gasteiger partial charge in [-0.25, -0.2) is 0 Å². The summed E-state index contributed by atoms with van der Waals surface area (Å²) in [7, 11) is 0. The number of nitrogens with two attached hydrogens (primary N) is 1. The monoisotopic (exact) mass is 295 g/mol. The van der Waals surface area contributed by atoms with Gasteiger partial charge in [-0.2, -0.15) is 0 Å². The van der Waals surface area contributed by atoms with Gasteiger partial charge in [-0.05, 0) is 68.2 Å². The summed E-state index contributed by atoms with van der Waals surface area (Å²) in [6.07, 6.45) is 7.64. The Morgan fingerprint density at radius 3 is 2.71 bits per heavy atom. The van der Waals surface area contributed by atoms with Gasteiger partial charge in [0.05, 0.1) is 12.2 Å². The highest BCUT2D eigenvalue weighted by Crippen LogP contribution is 2.47. The zero-order chi connectivity index (χ0) is 14.9. The molecule has 0 aromatic rings. The molecule has 0 aromatic heterocycles. The van der Waals surface area contributed by atoms with Crippen LogP contribution in [0.1, 0.15) is 52.4 Å². The van der Waals surface area contributed by atoms with Gasteiger partial charge >= 0.3 is 0 Å². The Kier molecular flexibility index (Phi) is 4.92. The van der Waals surface area contributed by atoms with Crippen LogP contribution >= 0.6 is 0 Å². The topological polar surface area (TPSA) is 44.5 Å². The average Bonchev–Trinajstić information content (AvgIpc) is 2.94. The van der Waals surface area contributed by atoms with Crippen LogP contribution in [0.15, 0.2) is 0 Å². The zero-order valence-corrected chi connectivity index (χ0v) is 13.9. The van der Waals surface area contributed by atoms with Gasteiger partial charge < -0.3 is 15.2 Å². The molecule has 2 aliphatic heterocycles. The Labute approximate surface area is 129 Å². The highest BCUT2D eigenvalue weighted by molar-refractivity contribution is 4.95. The van der Waals surface area contributed by atoms with E-state index in [0.29, 0.717) is 0 Å². The van der Waals surface area contributed by atoms with Crippen molar-refractivity contribution in [2.45, 2.75) is 58.0 Å². The van der Waals surface area contributed by atoms with Gasteiger partial charge in [-0.15, -0.1) is 0 Å². The lowest BCUT2D eigenvalue weighted by Crippen LogP contribution is -2.45. The third-order valence-corrected chi connectivity index (χ3v) is 6.54. The molecule has 3 fully saturated rings. The predicted molar refractivity (Wildman–Crippen MR) is 85.1 cm³/mol. The second-order valence-corrected chi connectivity index (χ2v) is 8.06. The molecule has 0 bridgehead atoms. The molecular weight excluding hydrogens is 262 g/mol. The molecule has 5 atom stereocenters. The Balaban J connectivity index is 1.69. The van der Waals surface area contributed by atoms with Gasteiger partial charge in [0.2, 0.25) is 0 Å². The van der Waals surface area contributed by atoms with E-state index in [0.717, 1.165) is 62.4 Å². The van der Waals surface area contributed by atoms with Crippen molar-refractivity contribution in [2.75, 3.05) is 26.4 Å². The SMILES string of the molecule is CC(C)C1CCC(CN)C(C2CCOC3(CCOC3)C2)C1. The van der Waals surface area contributed by atoms with Crippen molar-refractivity contribution in [1.82, 2.24) is 0 Å². The molecule has 1 spiro atoms. The first-order chi connectivity index (χ1) is 10.1. The highest BCUT2D eigenvalue weighted by Gasteiger charge is 2.45. The molecule has 3 nitrogen and oxygen atoms in total. The molecule has 2 saturated heterocycles. The molecule has 3 rings (SSSR count). The number of ether oxygens (including phenoxy) is 2. The fourth-order valence-corrected chi connectivity index (χ4v) is 5.07. The average molecular weight is 295 g/mol. The van der Waals surface area contributed by atoms with Gasteiger partial charge in [0.15, 0.2) is 0 Å². The molecule has 0 radical (unpaired) electrons. The van der Waals surface area contributed by atoms with Crippen molar-refractivity contribution < 1.29 is 9.47 Å². The Bertz CT molecular complexity index is 338. The molecule has 21 heavy (non-hydrogen) atoms. The second kappa shape index (κ2) is 6.55. The number of hydrogen-bond acceptors (Lipinski definition) is 3. The third-order valence-electron chi connectivity index (χ3n) is 6.54. The summed E-state index contributed by atoms with van der Waals surface area (Å²) in [6.45, 7) is 8.27. The molecule has 1 saturated carbocycles. The molecule has 0 amide bonds. The molecule has 5 unspecified atom stereocenters. The summed E-state index contributed by atoms with van der Waals surface area (Å²) in [4.78, 5) is 0. The van der Waals surface area contributed by atoms with E-state index in [9.17, 15) is 0 Å². The van der Waals surface area contributed by atoms with Crippen LogP contribution in [0.25, 0.3) is 0 Å². The van der Waals surface area contributed by atoms with Crippen LogP contribution in [0.3, 0.4) is 0 Å². The van der Waals surface area contributed by atoms with E-state index < -0.39 is 0 Å².